The summed E-state index contributed by atoms with van der Waals surface area (Å²) < 4.78 is 29.8. The first-order chi connectivity index (χ1) is 9.82. The molecule has 2 bridgehead atoms. The van der Waals surface area contributed by atoms with Gasteiger partial charge in [-0.25, -0.2) is 8.78 Å². The maximum atomic E-state index is 14.9. The predicted molar refractivity (Wildman–Crippen MR) is 77.5 cm³/mol. The van der Waals surface area contributed by atoms with E-state index in [2.05, 4.69) is 5.32 Å². The number of nitrogens with one attached hydrogen (secondary N) is 1. The Kier molecular flexibility index (Phi) is 3.55. The van der Waals surface area contributed by atoms with Crippen LogP contribution >= 0.6 is 0 Å². The van der Waals surface area contributed by atoms with E-state index in [1.54, 1.807) is 6.92 Å². The fourth-order valence-corrected chi connectivity index (χ4v) is 4.74. The van der Waals surface area contributed by atoms with E-state index in [9.17, 15) is 13.6 Å². The number of rotatable bonds is 2. The molecule has 1 aliphatic heterocycles. The van der Waals surface area contributed by atoms with Gasteiger partial charge in [0.05, 0.1) is 5.41 Å². The highest BCUT2D eigenvalue weighted by Gasteiger charge is 2.63. The van der Waals surface area contributed by atoms with Crippen LogP contribution in [0.1, 0.15) is 52.4 Å². The molecule has 2 saturated carbocycles. The van der Waals surface area contributed by atoms with Crippen molar-refractivity contribution in [1.82, 2.24) is 10.2 Å². The van der Waals surface area contributed by atoms with E-state index >= 15 is 0 Å². The molecule has 0 aromatic carbocycles. The van der Waals surface area contributed by atoms with Crippen LogP contribution in [0.4, 0.5) is 8.78 Å². The van der Waals surface area contributed by atoms with Crippen molar-refractivity contribution >= 4 is 5.91 Å². The van der Waals surface area contributed by atoms with E-state index in [1.807, 2.05) is 11.8 Å². The van der Waals surface area contributed by atoms with Gasteiger partial charge in [-0.15, -0.1) is 0 Å². The highest BCUT2D eigenvalue weighted by molar-refractivity contribution is 5.84. The van der Waals surface area contributed by atoms with Crippen molar-refractivity contribution < 1.29 is 13.6 Å². The Morgan fingerprint density at radius 2 is 2.05 bits per heavy atom. The molecule has 2 aliphatic carbocycles. The van der Waals surface area contributed by atoms with Crippen molar-refractivity contribution in [2.75, 3.05) is 19.6 Å². The summed E-state index contributed by atoms with van der Waals surface area (Å²) in [5, 5.41) is 3.26. The van der Waals surface area contributed by atoms with Crippen molar-refractivity contribution in [2.45, 2.75) is 69.8 Å². The third-order valence-electron chi connectivity index (χ3n) is 5.85. The van der Waals surface area contributed by atoms with E-state index in [0.29, 0.717) is 25.8 Å². The maximum Gasteiger partial charge on any atom is 0.229 e. The molecule has 3 rings (SSSR count). The van der Waals surface area contributed by atoms with Crippen LogP contribution in [0.15, 0.2) is 0 Å². The quantitative estimate of drug-likeness (QED) is 0.850. The first-order valence-electron chi connectivity index (χ1n) is 8.21. The summed E-state index contributed by atoms with van der Waals surface area (Å²) in [4.78, 5) is 14.9. The van der Waals surface area contributed by atoms with Gasteiger partial charge in [-0.2, -0.15) is 0 Å². The second-order valence-corrected chi connectivity index (χ2v) is 7.52. The van der Waals surface area contributed by atoms with Gasteiger partial charge in [-0.1, -0.05) is 6.92 Å². The van der Waals surface area contributed by atoms with Crippen molar-refractivity contribution in [3.05, 3.63) is 0 Å². The Labute approximate surface area is 125 Å². The lowest BCUT2D eigenvalue weighted by Gasteiger charge is -2.46. The van der Waals surface area contributed by atoms with Crippen LogP contribution in [-0.2, 0) is 4.79 Å². The second kappa shape index (κ2) is 4.90. The summed E-state index contributed by atoms with van der Waals surface area (Å²) in [7, 11) is 0. The van der Waals surface area contributed by atoms with Gasteiger partial charge in [-0.05, 0) is 39.0 Å². The van der Waals surface area contributed by atoms with Crippen LogP contribution in [0.5, 0.6) is 0 Å². The van der Waals surface area contributed by atoms with Crippen LogP contribution in [-0.4, -0.2) is 47.8 Å². The fourth-order valence-electron chi connectivity index (χ4n) is 4.74. The van der Waals surface area contributed by atoms with E-state index in [0.717, 1.165) is 13.1 Å². The minimum absolute atomic E-state index is 0.00815. The zero-order chi connectivity index (χ0) is 15.3. The van der Waals surface area contributed by atoms with Gasteiger partial charge in [0.2, 0.25) is 5.91 Å². The smallest absolute Gasteiger partial charge is 0.229 e. The summed E-state index contributed by atoms with van der Waals surface area (Å²) in [6.45, 7) is 5.94. The lowest BCUT2D eigenvalue weighted by atomic mass is 9.66. The van der Waals surface area contributed by atoms with E-state index in [4.69, 9.17) is 0 Å². The molecule has 0 aromatic heterocycles. The largest absolute Gasteiger partial charge is 0.337 e. The molecule has 1 saturated heterocycles. The Bertz CT molecular complexity index is 446. The number of carbonyl (C=O) groups excluding carboxylic acids is 1. The van der Waals surface area contributed by atoms with Crippen LogP contribution in [0.25, 0.3) is 0 Å². The van der Waals surface area contributed by atoms with Crippen LogP contribution in [0.2, 0.25) is 0 Å². The van der Waals surface area contributed by atoms with Gasteiger partial charge in [0.25, 0.3) is 0 Å². The number of hydrogen-bond acceptors (Lipinski definition) is 2. The topological polar surface area (TPSA) is 32.3 Å². The molecule has 4 atom stereocenters. The lowest BCUT2D eigenvalue weighted by Crippen LogP contribution is -2.58. The third-order valence-corrected chi connectivity index (χ3v) is 5.85. The summed E-state index contributed by atoms with van der Waals surface area (Å²) in [5.41, 5.74) is -3.80. The molecule has 5 heteroatoms. The molecule has 0 radical (unpaired) electrons. The number of halogens is 2. The number of alkyl halides is 2. The molecule has 3 nitrogen and oxygen atoms in total. The van der Waals surface area contributed by atoms with Crippen LogP contribution < -0.4 is 5.32 Å². The van der Waals surface area contributed by atoms with Gasteiger partial charge in [0, 0.05) is 32.1 Å². The van der Waals surface area contributed by atoms with Gasteiger partial charge in [-0.3, -0.25) is 4.79 Å². The van der Waals surface area contributed by atoms with E-state index < -0.39 is 16.8 Å². The molecule has 1 amide bonds. The van der Waals surface area contributed by atoms with E-state index in [-0.39, 0.29) is 31.2 Å². The summed E-state index contributed by atoms with van der Waals surface area (Å²) in [6, 6.07) is 0.104. The molecule has 3 fully saturated rings. The number of piperazine rings is 1. The normalized spacial score (nSPS) is 46.7. The molecule has 0 aromatic rings. The monoisotopic (exact) mass is 300 g/mol. The molecule has 1 N–H and O–H groups in total. The minimum Gasteiger partial charge on any atom is -0.337 e. The maximum absolute atomic E-state index is 14.9. The average Bonchev–Trinajstić information content (AvgIpc) is 2.70. The molecule has 0 spiro atoms. The fraction of sp³-hybridized carbons (Fsp3) is 0.938. The molecule has 120 valence electrons. The minimum atomic E-state index is -1.52. The van der Waals surface area contributed by atoms with Crippen molar-refractivity contribution in [1.29, 1.82) is 0 Å². The summed E-state index contributed by atoms with van der Waals surface area (Å²) >= 11 is 0. The predicted octanol–water partition coefficient (Wildman–Crippen LogP) is 2.60. The standard InChI is InChI=1S/C16H26F2N2O/c1-3-15(17)9-14(4-5-16(18,10-14)11-15)13(21)20-7-6-19-8-12(20)2/h12,19H,3-11H2,1-2H3. The van der Waals surface area contributed by atoms with Gasteiger partial charge >= 0.3 is 0 Å². The second-order valence-electron chi connectivity index (χ2n) is 7.52. The first-order valence-corrected chi connectivity index (χ1v) is 8.21. The van der Waals surface area contributed by atoms with Crippen molar-refractivity contribution in [3.63, 3.8) is 0 Å². The average molecular weight is 300 g/mol. The Morgan fingerprint density at radius 3 is 2.71 bits per heavy atom. The molecule has 4 unspecified atom stereocenters. The number of hydrogen-bond donors (Lipinski definition) is 1. The van der Waals surface area contributed by atoms with Gasteiger partial charge < -0.3 is 10.2 Å². The van der Waals surface area contributed by atoms with E-state index in [1.165, 1.54) is 0 Å². The molecular formula is C16H26F2N2O. The third kappa shape index (κ3) is 2.47. The Balaban J connectivity index is 1.87. The highest BCUT2D eigenvalue weighted by atomic mass is 19.2. The first kappa shape index (κ1) is 15.2. The molecular weight excluding hydrogens is 274 g/mol. The Hall–Kier alpha value is -0.710. The van der Waals surface area contributed by atoms with Crippen molar-refractivity contribution in [2.24, 2.45) is 5.41 Å². The summed E-state index contributed by atoms with van der Waals surface area (Å²) in [6.07, 6.45) is 1.54. The molecule has 3 aliphatic rings. The van der Waals surface area contributed by atoms with Crippen LogP contribution in [0, 0.1) is 5.41 Å². The number of nitrogens with zero attached hydrogens (tertiary/aromatic N) is 1. The summed E-state index contributed by atoms with van der Waals surface area (Å²) in [5.74, 6) is -0.00815. The SMILES string of the molecule is CCC1(F)CC2(F)CCC(C(=O)N3CCNCC3C)(C1)C2. The van der Waals surface area contributed by atoms with Gasteiger partial charge in [0.15, 0.2) is 0 Å². The lowest BCUT2D eigenvalue weighted by molar-refractivity contribution is -0.152. The number of carbonyl (C=O) groups is 1. The molecule has 21 heavy (non-hydrogen) atoms. The zero-order valence-corrected chi connectivity index (χ0v) is 13.1. The zero-order valence-electron chi connectivity index (χ0n) is 13.1. The van der Waals surface area contributed by atoms with Gasteiger partial charge in [0.1, 0.15) is 11.3 Å². The van der Waals surface area contributed by atoms with Crippen LogP contribution in [0.3, 0.4) is 0 Å². The highest BCUT2D eigenvalue weighted by Crippen LogP contribution is 2.61. The van der Waals surface area contributed by atoms with Crippen molar-refractivity contribution in [3.8, 4) is 0 Å². The Morgan fingerprint density at radius 1 is 1.29 bits per heavy atom. The number of amides is 1. The number of fused-ring (bicyclic) bond motifs is 2. The molecule has 1 heterocycles.